The topological polar surface area (TPSA) is 55.9 Å². The molecule has 1 saturated carbocycles. The van der Waals surface area contributed by atoms with Crippen LogP contribution in [0.5, 0.6) is 0 Å². The first-order chi connectivity index (χ1) is 7.92. The molecule has 0 atom stereocenters. The van der Waals surface area contributed by atoms with E-state index in [4.69, 9.17) is 4.52 Å². The highest BCUT2D eigenvalue weighted by Crippen LogP contribution is 2.19. The third-order valence-electron chi connectivity index (χ3n) is 2.75. The Morgan fingerprint density at radius 2 is 2.38 bits per heavy atom. The van der Waals surface area contributed by atoms with Gasteiger partial charge in [-0.2, -0.15) is 0 Å². The molecule has 0 amide bonds. The molecule has 2 aromatic rings. The maximum Gasteiger partial charge on any atom is 0.156 e. The summed E-state index contributed by atoms with van der Waals surface area (Å²) in [7, 11) is 0. The Morgan fingerprint density at radius 1 is 1.44 bits per heavy atom. The SMILES string of the molecule is c1cc(Cn2ccnc2CNC2CC2)on1. The zero-order chi connectivity index (χ0) is 10.8. The molecule has 0 spiro atoms. The lowest BCUT2D eigenvalue weighted by Crippen LogP contribution is -2.19. The van der Waals surface area contributed by atoms with E-state index < -0.39 is 0 Å². The van der Waals surface area contributed by atoms with Gasteiger partial charge in [-0.05, 0) is 12.8 Å². The predicted molar refractivity (Wildman–Crippen MR) is 57.7 cm³/mol. The van der Waals surface area contributed by atoms with E-state index in [1.54, 1.807) is 6.20 Å². The Balaban J connectivity index is 1.66. The van der Waals surface area contributed by atoms with Crippen LogP contribution in [0.4, 0.5) is 0 Å². The van der Waals surface area contributed by atoms with Gasteiger partial charge in [0.25, 0.3) is 0 Å². The number of hydrogen-bond acceptors (Lipinski definition) is 4. The molecule has 16 heavy (non-hydrogen) atoms. The molecule has 3 rings (SSSR count). The summed E-state index contributed by atoms with van der Waals surface area (Å²) in [5.74, 6) is 1.90. The first-order valence-corrected chi connectivity index (χ1v) is 5.55. The first-order valence-electron chi connectivity index (χ1n) is 5.55. The monoisotopic (exact) mass is 218 g/mol. The van der Waals surface area contributed by atoms with E-state index in [0.29, 0.717) is 12.6 Å². The second-order valence-corrected chi connectivity index (χ2v) is 4.11. The summed E-state index contributed by atoms with van der Waals surface area (Å²) >= 11 is 0. The quantitative estimate of drug-likeness (QED) is 0.818. The number of aromatic nitrogens is 3. The van der Waals surface area contributed by atoms with Gasteiger partial charge in [-0.3, -0.25) is 0 Å². The molecule has 84 valence electrons. The van der Waals surface area contributed by atoms with Crippen LogP contribution in [0.25, 0.3) is 0 Å². The molecule has 0 bridgehead atoms. The van der Waals surface area contributed by atoms with Gasteiger partial charge in [-0.1, -0.05) is 5.16 Å². The summed E-state index contributed by atoms with van der Waals surface area (Å²) < 4.78 is 7.16. The molecule has 5 heteroatoms. The lowest BCUT2D eigenvalue weighted by molar-refractivity contribution is 0.374. The second-order valence-electron chi connectivity index (χ2n) is 4.11. The maximum absolute atomic E-state index is 5.08. The Morgan fingerprint density at radius 3 is 3.12 bits per heavy atom. The fraction of sp³-hybridized carbons (Fsp3) is 0.455. The van der Waals surface area contributed by atoms with Gasteiger partial charge in [-0.25, -0.2) is 4.98 Å². The van der Waals surface area contributed by atoms with Crippen molar-refractivity contribution in [1.29, 1.82) is 0 Å². The number of hydrogen-bond donors (Lipinski definition) is 1. The fourth-order valence-electron chi connectivity index (χ4n) is 1.67. The minimum absolute atomic E-state index is 0.696. The summed E-state index contributed by atoms with van der Waals surface area (Å²) in [6, 6.07) is 2.58. The molecule has 0 unspecified atom stereocenters. The van der Waals surface area contributed by atoms with E-state index in [9.17, 15) is 0 Å². The second kappa shape index (κ2) is 4.09. The van der Waals surface area contributed by atoms with Crippen molar-refractivity contribution in [3.8, 4) is 0 Å². The Labute approximate surface area is 93.5 Å². The molecule has 0 saturated heterocycles. The van der Waals surface area contributed by atoms with E-state index in [0.717, 1.165) is 18.1 Å². The normalized spacial score (nSPS) is 15.5. The van der Waals surface area contributed by atoms with Crippen LogP contribution in [0.3, 0.4) is 0 Å². The third kappa shape index (κ3) is 2.14. The van der Waals surface area contributed by atoms with Gasteiger partial charge in [0.05, 0.1) is 19.3 Å². The highest BCUT2D eigenvalue weighted by Gasteiger charge is 2.20. The molecule has 0 aliphatic heterocycles. The smallest absolute Gasteiger partial charge is 0.156 e. The standard InChI is InChI=1S/C11H14N4O/c1-2-9(1)13-7-11-12-5-6-15(11)8-10-3-4-14-16-10/h3-6,9,13H,1-2,7-8H2. The average molecular weight is 218 g/mol. The van der Waals surface area contributed by atoms with Crippen LogP contribution < -0.4 is 5.32 Å². The number of rotatable bonds is 5. The third-order valence-corrected chi connectivity index (χ3v) is 2.75. The molecule has 1 fully saturated rings. The van der Waals surface area contributed by atoms with Crippen molar-refractivity contribution in [2.75, 3.05) is 0 Å². The van der Waals surface area contributed by atoms with Gasteiger partial charge in [0.1, 0.15) is 5.82 Å². The van der Waals surface area contributed by atoms with Gasteiger partial charge < -0.3 is 14.4 Å². The van der Waals surface area contributed by atoms with E-state index in [-0.39, 0.29) is 0 Å². The van der Waals surface area contributed by atoms with Crippen LogP contribution in [0.2, 0.25) is 0 Å². The van der Waals surface area contributed by atoms with Gasteiger partial charge in [0.2, 0.25) is 0 Å². The van der Waals surface area contributed by atoms with Crippen molar-refractivity contribution in [1.82, 2.24) is 20.0 Å². The summed E-state index contributed by atoms with van der Waals surface area (Å²) in [6.45, 7) is 1.52. The van der Waals surface area contributed by atoms with Crippen molar-refractivity contribution in [3.05, 3.63) is 36.2 Å². The van der Waals surface area contributed by atoms with Crippen molar-refractivity contribution in [2.45, 2.75) is 32.0 Å². The summed E-state index contributed by atoms with van der Waals surface area (Å²) in [4.78, 5) is 4.33. The molecule has 5 nitrogen and oxygen atoms in total. The number of nitrogens with zero attached hydrogens (tertiary/aromatic N) is 3. The van der Waals surface area contributed by atoms with Crippen LogP contribution in [0, 0.1) is 0 Å². The van der Waals surface area contributed by atoms with Crippen molar-refractivity contribution >= 4 is 0 Å². The molecular formula is C11H14N4O. The maximum atomic E-state index is 5.08. The van der Waals surface area contributed by atoms with Gasteiger partial charge in [-0.15, -0.1) is 0 Å². The van der Waals surface area contributed by atoms with Crippen molar-refractivity contribution in [2.24, 2.45) is 0 Å². The summed E-state index contributed by atoms with van der Waals surface area (Å²) in [6.07, 6.45) is 8.03. The predicted octanol–water partition coefficient (Wildman–Crippen LogP) is 1.17. The number of nitrogens with one attached hydrogen (secondary N) is 1. The van der Waals surface area contributed by atoms with Crippen LogP contribution in [0.1, 0.15) is 24.4 Å². The molecule has 1 aliphatic carbocycles. The van der Waals surface area contributed by atoms with Crippen LogP contribution in [-0.4, -0.2) is 20.7 Å². The molecule has 1 N–H and O–H groups in total. The molecule has 2 aromatic heterocycles. The van der Waals surface area contributed by atoms with E-state index in [2.05, 4.69) is 20.0 Å². The molecule has 1 aliphatic rings. The van der Waals surface area contributed by atoms with E-state index in [1.807, 2.05) is 18.5 Å². The van der Waals surface area contributed by atoms with Gasteiger partial charge in [0.15, 0.2) is 5.76 Å². The highest BCUT2D eigenvalue weighted by atomic mass is 16.5. The zero-order valence-electron chi connectivity index (χ0n) is 8.97. The number of imidazole rings is 1. The Hall–Kier alpha value is -1.62. The lowest BCUT2D eigenvalue weighted by Gasteiger charge is -2.06. The lowest BCUT2D eigenvalue weighted by atomic mass is 10.4. The largest absolute Gasteiger partial charge is 0.359 e. The molecule has 0 aromatic carbocycles. The minimum atomic E-state index is 0.696. The van der Waals surface area contributed by atoms with Crippen LogP contribution in [0.15, 0.2) is 29.2 Å². The molecule has 0 radical (unpaired) electrons. The first kappa shape index (κ1) is 9.59. The molecule has 2 heterocycles. The van der Waals surface area contributed by atoms with Gasteiger partial charge >= 0.3 is 0 Å². The summed E-state index contributed by atoms with van der Waals surface area (Å²) in [5, 5.41) is 7.14. The van der Waals surface area contributed by atoms with Gasteiger partial charge in [0, 0.05) is 24.5 Å². The fourth-order valence-corrected chi connectivity index (χ4v) is 1.67. The van der Waals surface area contributed by atoms with Crippen molar-refractivity contribution < 1.29 is 4.52 Å². The summed E-state index contributed by atoms with van der Waals surface area (Å²) in [5.41, 5.74) is 0. The Kier molecular flexibility index (Phi) is 2.46. The van der Waals surface area contributed by atoms with E-state index >= 15 is 0 Å². The van der Waals surface area contributed by atoms with Crippen LogP contribution >= 0.6 is 0 Å². The zero-order valence-corrected chi connectivity index (χ0v) is 8.97. The molecular weight excluding hydrogens is 204 g/mol. The Bertz CT molecular complexity index is 444. The average Bonchev–Trinajstić information content (AvgIpc) is 2.79. The van der Waals surface area contributed by atoms with Crippen molar-refractivity contribution in [3.63, 3.8) is 0 Å². The minimum Gasteiger partial charge on any atom is -0.359 e. The highest BCUT2D eigenvalue weighted by molar-refractivity contribution is 5.00. The van der Waals surface area contributed by atoms with Crippen LogP contribution in [-0.2, 0) is 13.1 Å². The van der Waals surface area contributed by atoms with E-state index in [1.165, 1.54) is 12.8 Å².